The molecular weight excluding hydrogens is 286 g/mol. The lowest BCUT2D eigenvalue weighted by molar-refractivity contribution is 0.0983. The number of aryl methyl sites for hydroxylation is 1. The monoisotopic (exact) mass is 307 g/mol. The molecule has 2 heterocycles. The van der Waals surface area contributed by atoms with Gasteiger partial charge in [-0.1, -0.05) is 42.5 Å². The molecule has 0 saturated carbocycles. The van der Waals surface area contributed by atoms with Crippen LogP contribution in [0.15, 0.2) is 54.6 Å². The molecule has 1 N–H and O–H groups in total. The van der Waals surface area contributed by atoms with Gasteiger partial charge in [-0.05, 0) is 24.1 Å². The Morgan fingerprint density at radius 3 is 2.74 bits per heavy atom. The summed E-state index contributed by atoms with van der Waals surface area (Å²) in [6.45, 7) is 1.56. The van der Waals surface area contributed by atoms with Crippen LogP contribution < -0.4 is 5.32 Å². The molecule has 1 fully saturated rings. The fourth-order valence-corrected chi connectivity index (χ4v) is 3.35. The van der Waals surface area contributed by atoms with Gasteiger partial charge in [-0.15, -0.1) is 0 Å². The van der Waals surface area contributed by atoms with E-state index in [-0.39, 0.29) is 6.10 Å². The summed E-state index contributed by atoms with van der Waals surface area (Å²) in [7, 11) is 2.08. The Hall–Kier alpha value is -2.17. The second-order valence-corrected chi connectivity index (χ2v) is 6.05. The van der Waals surface area contributed by atoms with Gasteiger partial charge in [0.25, 0.3) is 0 Å². The summed E-state index contributed by atoms with van der Waals surface area (Å²) in [5.74, 6) is 1.06. The highest BCUT2D eigenvalue weighted by Gasteiger charge is 2.29. The predicted molar refractivity (Wildman–Crippen MR) is 91.1 cm³/mol. The van der Waals surface area contributed by atoms with Crippen molar-refractivity contribution in [1.82, 2.24) is 14.9 Å². The van der Waals surface area contributed by atoms with E-state index in [2.05, 4.69) is 59.4 Å². The van der Waals surface area contributed by atoms with Gasteiger partial charge in [0, 0.05) is 19.7 Å². The SMILES string of the molecule is Cn1c(CN[C@H]2CCO[C@H]2c2ccccc2)nc2ccccc21. The Kier molecular flexibility index (Phi) is 3.85. The van der Waals surface area contributed by atoms with Crippen molar-refractivity contribution in [2.24, 2.45) is 7.05 Å². The molecule has 0 amide bonds. The third kappa shape index (κ3) is 2.76. The topological polar surface area (TPSA) is 39.1 Å². The van der Waals surface area contributed by atoms with E-state index in [0.29, 0.717) is 6.04 Å². The first-order chi connectivity index (χ1) is 11.3. The summed E-state index contributed by atoms with van der Waals surface area (Å²) in [5, 5.41) is 3.64. The van der Waals surface area contributed by atoms with Crippen LogP contribution in [0.5, 0.6) is 0 Å². The molecule has 0 radical (unpaired) electrons. The van der Waals surface area contributed by atoms with E-state index in [1.807, 2.05) is 12.1 Å². The molecule has 2 aromatic carbocycles. The van der Waals surface area contributed by atoms with Gasteiger partial charge < -0.3 is 14.6 Å². The van der Waals surface area contributed by atoms with Gasteiger partial charge in [0.05, 0.1) is 23.7 Å². The molecule has 0 aliphatic carbocycles. The van der Waals surface area contributed by atoms with E-state index >= 15 is 0 Å². The summed E-state index contributed by atoms with van der Waals surface area (Å²) in [4.78, 5) is 4.73. The molecular formula is C19H21N3O. The van der Waals surface area contributed by atoms with Crippen molar-refractivity contribution in [2.75, 3.05) is 6.61 Å². The number of nitrogens with zero attached hydrogens (tertiary/aromatic N) is 2. The van der Waals surface area contributed by atoms with Crippen molar-refractivity contribution >= 4 is 11.0 Å². The lowest BCUT2D eigenvalue weighted by Gasteiger charge is -2.20. The van der Waals surface area contributed by atoms with Gasteiger partial charge in [0.1, 0.15) is 5.82 Å². The fourth-order valence-electron chi connectivity index (χ4n) is 3.35. The summed E-state index contributed by atoms with van der Waals surface area (Å²) in [6, 6.07) is 19.0. The highest BCUT2D eigenvalue weighted by molar-refractivity contribution is 5.75. The van der Waals surface area contributed by atoms with Crippen LogP contribution in [0.3, 0.4) is 0 Å². The largest absolute Gasteiger partial charge is 0.372 e. The molecule has 3 aromatic rings. The highest BCUT2D eigenvalue weighted by Crippen LogP contribution is 2.29. The number of fused-ring (bicyclic) bond motifs is 1. The van der Waals surface area contributed by atoms with Crippen LogP contribution in [0.25, 0.3) is 11.0 Å². The van der Waals surface area contributed by atoms with Crippen molar-refractivity contribution in [2.45, 2.75) is 25.1 Å². The van der Waals surface area contributed by atoms with Crippen LogP contribution in [0, 0.1) is 0 Å². The number of ether oxygens (including phenoxy) is 1. The van der Waals surface area contributed by atoms with Gasteiger partial charge in [0.2, 0.25) is 0 Å². The third-order valence-electron chi connectivity index (χ3n) is 4.62. The zero-order chi connectivity index (χ0) is 15.6. The highest BCUT2D eigenvalue weighted by atomic mass is 16.5. The molecule has 1 aliphatic heterocycles. The Morgan fingerprint density at radius 1 is 1.13 bits per heavy atom. The molecule has 4 heteroatoms. The number of benzene rings is 2. The predicted octanol–water partition coefficient (Wildman–Crippen LogP) is 3.19. The first kappa shape index (κ1) is 14.4. The van der Waals surface area contributed by atoms with E-state index in [1.54, 1.807) is 0 Å². The Balaban J connectivity index is 1.50. The van der Waals surface area contributed by atoms with Crippen LogP contribution >= 0.6 is 0 Å². The van der Waals surface area contributed by atoms with Crippen molar-refractivity contribution < 1.29 is 4.74 Å². The number of hydrogen-bond donors (Lipinski definition) is 1. The van der Waals surface area contributed by atoms with Gasteiger partial charge in [-0.3, -0.25) is 0 Å². The summed E-state index contributed by atoms with van der Waals surface area (Å²) < 4.78 is 8.10. The van der Waals surface area contributed by atoms with Gasteiger partial charge >= 0.3 is 0 Å². The van der Waals surface area contributed by atoms with Crippen LogP contribution in [0.4, 0.5) is 0 Å². The van der Waals surface area contributed by atoms with Crippen molar-refractivity contribution in [3.63, 3.8) is 0 Å². The molecule has 1 saturated heterocycles. The average Bonchev–Trinajstić information content (AvgIpc) is 3.19. The van der Waals surface area contributed by atoms with E-state index < -0.39 is 0 Å². The number of para-hydroxylation sites is 2. The second-order valence-electron chi connectivity index (χ2n) is 6.05. The van der Waals surface area contributed by atoms with Gasteiger partial charge in [-0.25, -0.2) is 4.98 Å². The second kappa shape index (κ2) is 6.14. The van der Waals surface area contributed by atoms with E-state index in [1.165, 1.54) is 11.1 Å². The maximum absolute atomic E-state index is 5.94. The minimum absolute atomic E-state index is 0.130. The molecule has 2 atom stereocenters. The number of hydrogen-bond acceptors (Lipinski definition) is 3. The smallest absolute Gasteiger partial charge is 0.123 e. The fraction of sp³-hybridized carbons (Fsp3) is 0.316. The molecule has 1 aromatic heterocycles. The third-order valence-corrected chi connectivity index (χ3v) is 4.62. The number of aromatic nitrogens is 2. The number of imidazole rings is 1. The van der Waals surface area contributed by atoms with Crippen molar-refractivity contribution in [1.29, 1.82) is 0 Å². The first-order valence-electron chi connectivity index (χ1n) is 8.13. The van der Waals surface area contributed by atoms with Crippen LogP contribution in [-0.2, 0) is 18.3 Å². The van der Waals surface area contributed by atoms with Gasteiger partial charge in [0.15, 0.2) is 0 Å². The number of nitrogens with one attached hydrogen (secondary N) is 1. The Labute approximate surface area is 136 Å². The van der Waals surface area contributed by atoms with Crippen LogP contribution in [-0.4, -0.2) is 22.2 Å². The zero-order valence-electron chi connectivity index (χ0n) is 13.3. The average molecular weight is 307 g/mol. The normalized spacial score (nSPS) is 21.1. The molecule has 23 heavy (non-hydrogen) atoms. The van der Waals surface area contributed by atoms with Crippen molar-refractivity contribution in [3.05, 3.63) is 66.0 Å². The molecule has 4 nitrogen and oxygen atoms in total. The summed E-state index contributed by atoms with van der Waals surface area (Å²) in [5.41, 5.74) is 3.47. The standard InChI is InChI=1S/C19H21N3O/c1-22-17-10-6-5-9-15(17)21-18(22)13-20-16-11-12-23-19(16)14-7-3-2-4-8-14/h2-10,16,19-20H,11-13H2,1H3/t16-,19-/m0/s1. The van der Waals surface area contributed by atoms with Crippen LogP contribution in [0.2, 0.25) is 0 Å². The quantitative estimate of drug-likeness (QED) is 0.804. The maximum Gasteiger partial charge on any atom is 0.123 e. The summed E-state index contributed by atoms with van der Waals surface area (Å²) in [6.07, 6.45) is 1.16. The molecule has 4 rings (SSSR count). The van der Waals surface area contributed by atoms with E-state index in [4.69, 9.17) is 9.72 Å². The Morgan fingerprint density at radius 2 is 1.91 bits per heavy atom. The Bertz CT molecular complexity index is 797. The molecule has 118 valence electrons. The van der Waals surface area contributed by atoms with Crippen molar-refractivity contribution in [3.8, 4) is 0 Å². The minimum atomic E-state index is 0.130. The van der Waals surface area contributed by atoms with E-state index in [0.717, 1.165) is 30.9 Å². The summed E-state index contributed by atoms with van der Waals surface area (Å²) >= 11 is 0. The van der Waals surface area contributed by atoms with Crippen LogP contribution in [0.1, 0.15) is 23.9 Å². The maximum atomic E-state index is 5.94. The molecule has 0 bridgehead atoms. The zero-order valence-corrected chi connectivity index (χ0v) is 13.3. The lowest BCUT2D eigenvalue weighted by atomic mass is 10.0. The molecule has 1 aliphatic rings. The number of rotatable bonds is 4. The van der Waals surface area contributed by atoms with E-state index in [9.17, 15) is 0 Å². The molecule has 0 unspecified atom stereocenters. The van der Waals surface area contributed by atoms with Gasteiger partial charge in [-0.2, -0.15) is 0 Å². The first-order valence-corrected chi connectivity index (χ1v) is 8.13. The lowest BCUT2D eigenvalue weighted by Crippen LogP contribution is -2.32. The molecule has 0 spiro atoms. The minimum Gasteiger partial charge on any atom is -0.372 e.